The summed E-state index contributed by atoms with van der Waals surface area (Å²) in [6.07, 6.45) is 7.69. The van der Waals surface area contributed by atoms with Gasteiger partial charge in [0.1, 0.15) is 0 Å². The van der Waals surface area contributed by atoms with E-state index in [1.165, 1.54) is 19.3 Å². The van der Waals surface area contributed by atoms with E-state index in [4.69, 9.17) is 0 Å². The van der Waals surface area contributed by atoms with Crippen molar-refractivity contribution in [3.05, 3.63) is 0 Å². The maximum Gasteiger partial charge on any atom is 0.222 e. The van der Waals surface area contributed by atoms with Crippen LogP contribution in [0.4, 0.5) is 0 Å². The normalized spacial score (nSPS) is 20.8. The van der Waals surface area contributed by atoms with Gasteiger partial charge in [0.05, 0.1) is 0 Å². The maximum absolute atomic E-state index is 12.1. The van der Waals surface area contributed by atoms with Crippen LogP contribution in [0.2, 0.25) is 0 Å². The fourth-order valence-corrected chi connectivity index (χ4v) is 2.77. The number of carbonyl (C=O) groups is 1. The summed E-state index contributed by atoms with van der Waals surface area (Å²) in [5.74, 6) is 0.368. The molecule has 0 bridgehead atoms. The molecule has 0 aromatic carbocycles. The molecular weight excluding hydrogens is 248 g/mol. The predicted octanol–water partition coefficient (Wildman–Crippen LogP) is 3.58. The summed E-state index contributed by atoms with van der Waals surface area (Å²) >= 11 is 0. The number of hydrogen-bond acceptors (Lipinski definition) is 2. The van der Waals surface area contributed by atoms with Crippen molar-refractivity contribution >= 4 is 5.91 Å². The first kappa shape index (κ1) is 17.5. The number of hydrogen-bond donors (Lipinski definition) is 1. The van der Waals surface area contributed by atoms with Crippen LogP contribution in [0.1, 0.15) is 72.6 Å². The van der Waals surface area contributed by atoms with Gasteiger partial charge in [-0.2, -0.15) is 0 Å². The van der Waals surface area contributed by atoms with Crippen LogP contribution in [0.5, 0.6) is 0 Å². The highest BCUT2D eigenvalue weighted by atomic mass is 16.2. The monoisotopic (exact) mass is 282 g/mol. The van der Waals surface area contributed by atoms with E-state index in [-0.39, 0.29) is 0 Å². The lowest BCUT2D eigenvalue weighted by Crippen LogP contribution is -2.32. The second-order valence-electron chi connectivity index (χ2n) is 7.15. The number of nitrogens with one attached hydrogen (secondary N) is 1. The third-order valence-electron chi connectivity index (χ3n) is 4.48. The van der Waals surface area contributed by atoms with Gasteiger partial charge in [0.15, 0.2) is 0 Å². The fraction of sp³-hybridized carbons (Fsp3) is 0.941. The Labute approximate surface area is 125 Å². The Morgan fingerprint density at radius 3 is 2.75 bits per heavy atom. The van der Waals surface area contributed by atoms with Crippen molar-refractivity contribution in [3.8, 4) is 0 Å². The van der Waals surface area contributed by atoms with E-state index in [1.807, 2.05) is 0 Å². The average Bonchev–Trinajstić information content (AvgIpc) is 2.53. The zero-order valence-electron chi connectivity index (χ0n) is 14.0. The standard InChI is InChI=1S/C17H34N2O/c1-5-12-18-15(2)8-6-7-13-19-14-11-17(3,4)10-9-16(19)20/h15,18H,5-14H2,1-4H3. The molecule has 0 aromatic heterocycles. The first-order chi connectivity index (χ1) is 9.44. The number of likely N-dealkylation sites (tertiary alicyclic amines) is 1. The van der Waals surface area contributed by atoms with Crippen LogP contribution in [0.25, 0.3) is 0 Å². The molecule has 1 saturated heterocycles. The summed E-state index contributed by atoms with van der Waals surface area (Å²) in [4.78, 5) is 14.2. The van der Waals surface area contributed by atoms with Gasteiger partial charge in [-0.1, -0.05) is 27.2 Å². The molecule has 3 nitrogen and oxygen atoms in total. The molecule has 1 aliphatic rings. The Morgan fingerprint density at radius 1 is 1.30 bits per heavy atom. The topological polar surface area (TPSA) is 32.3 Å². The molecule has 0 aromatic rings. The number of amides is 1. The molecule has 0 spiro atoms. The van der Waals surface area contributed by atoms with Crippen molar-refractivity contribution in [2.24, 2.45) is 5.41 Å². The summed E-state index contributed by atoms with van der Waals surface area (Å²) in [6, 6.07) is 0.605. The molecule has 0 radical (unpaired) electrons. The van der Waals surface area contributed by atoms with Crippen LogP contribution in [0, 0.1) is 5.41 Å². The van der Waals surface area contributed by atoms with Gasteiger partial charge in [0.25, 0.3) is 0 Å². The van der Waals surface area contributed by atoms with Gasteiger partial charge >= 0.3 is 0 Å². The number of carbonyl (C=O) groups excluding carboxylic acids is 1. The van der Waals surface area contributed by atoms with Crippen molar-refractivity contribution in [3.63, 3.8) is 0 Å². The second kappa shape index (κ2) is 8.66. The molecule has 1 unspecified atom stereocenters. The minimum absolute atomic E-state index is 0.336. The number of unbranched alkanes of at least 4 members (excludes halogenated alkanes) is 1. The lowest BCUT2D eigenvalue weighted by atomic mass is 9.85. The average molecular weight is 282 g/mol. The molecule has 1 rings (SSSR count). The molecule has 3 heteroatoms. The van der Waals surface area contributed by atoms with Crippen LogP contribution in [-0.4, -0.2) is 36.5 Å². The van der Waals surface area contributed by atoms with Gasteiger partial charge in [0, 0.05) is 25.6 Å². The molecular formula is C17H34N2O. The van der Waals surface area contributed by atoms with Gasteiger partial charge in [-0.25, -0.2) is 0 Å². The van der Waals surface area contributed by atoms with Crippen molar-refractivity contribution in [2.75, 3.05) is 19.6 Å². The first-order valence-corrected chi connectivity index (χ1v) is 8.46. The Kier molecular flexibility index (Phi) is 7.57. The Balaban J connectivity index is 2.19. The number of rotatable bonds is 8. The molecule has 1 amide bonds. The molecule has 0 aliphatic carbocycles. The van der Waals surface area contributed by atoms with Crippen LogP contribution >= 0.6 is 0 Å². The summed E-state index contributed by atoms with van der Waals surface area (Å²) in [5.41, 5.74) is 0.336. The van der Waals surface area contributed by atoms with Crippen LogP contribution in [-0.2, 0) is 4.79 Å². The summed E-state index contributed by atoms with van der Waals surface area (Å²) in [7, 11) is 0. The highest BCUT2D eigenvalue weighted by Crippen LogP contribution is 2.30. The Bertz CT molecular complexity index is 289. The molecule has 20 heavy (non-hydrogen) atoms. The maximum atomic E-state index is 12.1. The van der Waals surface area contributed by atoms with E-state index in [0.29, 0.717) is 17.4 Å². The van der Waals surface area contributed by atoms with E-state index in [1.54, 1.807) is 0 Å². The third kappa shape index (κ3) is 6.74. The molecule has 1 N–H and O–H groups in total. The SMILES string of the molecule is CCCNC(C)CCCCN1CCC(C)(C)CCC1=O. The van der Waals surface area contributed by atoms with Gasteiger partial charge in [0.2, 0.25) is 5.91 Å². The zero-order chi connectivity index (χ0) is 15.0. The molecule has 1 atom stereocenters. The minimum atomic E-state index is 0.336. The molecule has 1 aliphatic heterocycles. The second-order valence-corrected chi connectivity index (χ2v) is 7.15. The zero-order valence-corrected chi connectivity index (χ0v) is 14.0. The first-order valence-electron chi connectivity index (χ1n) is 8.46. The predicted molar refractivity (Wildman–Crippen MR) is 85.8 cm³/mol. The van der Waals surface area contributed by atoms with Crippen molar-refractivity contribution in [1.82, 2.24) is 10.2 Å². The van der Waals surface area contributed by atoms with Gasteiger partial charge in [-0.05, 0) is 51.0 Å². The van der Waals surface area contributed by atoms with Gasteiger partial charge in [-0.15, -0.1) is 0 Å². The van der Waals surface area contributed by atoms with E-state index < -0.39 is 0 Å². The van der Waals surface area contributed by atoms with Crippen molar-refractivity contribution < 1.29 is 4.79 Å². The number of nitrogens with zero attached hydrogens (tertiary/aromatic N) is 1. The quantitative estimate of drug-likeness (QED) is 0.690. The molecule has 0 saturated carbocycles. The molecule has 1 heterocycles. The highest BCUT2D eigenvalue weighted by molar-refractivity contribution is 5.76. The van der Waals surface area contributed by atoms with E-state index in [0.717, 1.165) is 45.3 Å². The lowest BCUT2D eigenvalue weighted by Gasteiger charge is -2.23. The van der Waals surface area contributed by atoms with E-state index in [2.05, 4.69) is 37.9 Å². The Hall–Kier alpha value is -0.570. The van der Waals surface area contributed by atoms with Crippen molar-refractivity contribution in [1.29, 1.82) is 0 Å². The highest BCUT2D eigenvalue weighted by Gasteiger charge is 2.26. The largest absolute Gasteiger partial charge is 0.343 e. The van der Waals surface area contributed by atoms with Gasteiger partial charge < -0.3 is 10.2 Å². The van der Waals surface area contributed by atoms with Crippen LogP contribution in [0.15, 0.2) is 0 Å². The molecule has 1 fully saturated rings. The van der Waals surface area contributed by atoms with E-state index in [9.17, 15) is 4.79 Å². The van der Waals surface area contributed by atoms with Crippen molar-refractivity contribution in [2.45, 2.75) is 78.7 Å². The lowest BCUT2D eigenvalue weighted by molar-refractivity contribution is -0.130. The van der Waals surface area contributed by atoms with E-state index >= 15 is 0 Å². The smallest absolute Gasteiger partial charge is 0.222 e. The molecule has 118 valence electrons. The summed E-state index contributed by atoms with van der Waals surface area (Å²) in [5, 5.41) is 3.52. The third-order valence-corrected chi connectivity index (χ3v) is 4.48. The van der Waals surface area contributed by atoms with Gasteiger partial charge in [-0.3, -0.25) is 4.79 Å². The fourth-order valence-electron chi connectivity index (χ4n) is 2.77. The minimum Gasteiger partial charge on any atom is -0.343 e. The summed E-state index contributed by atoms with van der Waals surface area (Å²) < 4.78 is 0. The summed E-state index contributed by atoms with van der Waals surface area (Å²) in [6.45, 7) is 12.0. The van der Waals surface area contributed by atoms with Crippen LogP contribution in [0.3, 0.4) is 0 Å². The Morgan fingerprint density at radius 2 is 2.05 bits per heavy atom. The van der Waals surface area contributed by atoms with Crippen LogP contribution < -0.4 is 5.32 Å².